The summed E-state index contributed by atoms with van der Waals surface area (Å²) in [6, 6.07) is 0. The topological polar surface area (TPSA) is 74.0 Å². The van der Waals surface area contributed by atoms with Crippen molar-refractivity contribution < 1.29 is 76.9 Å². The Kier molecular flexibility index (Phi) is 4.67. The molecule has 0 saturated carbocycles. The van der Waals surface area contributed by atoms with E-state index in [-0.39, 0.29) is 51.4 Å². The third-order valence-corrected chi connectivity index (χ3v) is 1.51. The molecule has 0 unspecified atom stereocenters. The van der Waals surface area contributed by atoms with Crippen molar-refractivity contribution in [2.24, 2.45) is 0 Å². The van der Waals surface area contributed by atoms with E-state index in [9.17, 15) is 25.5 Å². The molecule has 11 heteroatoms. The van der Waals surface area contributed by atoms with Crippen molar-refractivity contribution >= 4 is 10.2 Å². The van der Waals surface area contributed by atoms with Crippen LogP contribution in [0.5, 0.6) is 0 Å². The van der Waals surface area contributed by atoms with Crippen molar-refractivity contribution in [3.05, 3.63) is 5.82 Å². The standard InChI is InChI=1S/C3F4N3O2S.K/c4-3(5,6)1-8-2(10-9-1)13(7,11)12;/q-1;+1. The van der Waals surface area contributed by atoms with Crippen LogP contribution in [-0.4, -0.2) is 18.6 Å². The van der Waals surface area contributed by atoms with Gasteiger partial charge in [0.1, 0.15) is 5.16 Å². The van der Waals surface area contributed by atoms with Crippen molar-refractivity contribution in [1.82, 2.24) is 15.2 Å². The smallest absolute Gasteiger partial charge is 0.344 e. The van der Waals surface area contributed by atoms with Gasteiger partial charge in [0.2, 0.25) is 0 Å². The second-order valence-corrected chi connectivity index (χ2v) is 3.09. The van der Waals surface area contributed by atoms with Crippen molar-refractivity contribution in [1.29, 1.82) is 0 Å². The van der Waals surface area contributed by atoms with Crippen LogP contribution >= 0.6 is 0 Å². The van der Waals surface area contributed by atoms with E-state index in [0.29, 0.717) is 0 Å². The molecule has 74 valence electrons. The number of aromatic nitrogens is 3. The summed E-state index contributed by atoms with van der Waals surface area (Å²) in [6.07, 6.45) is -4.93. The minimum Gasteiger partial charge on any atom is -0.344 e. The summed E-state index contributed by atoms with van der Waals surface area (Å²) >= 11 is 0. The Labute approximate surface area is 118 Å². The Bertz CT molecular complexity index is 412. The molecule has 0 amide bonds. The van der Waals surface area contributed by atoms with Gasteiger partial charge in [-0.25, -0.2) is 0 Å². The first-order valence-corrected chi connectivity index (χ1v) is 3.99. The van der Waals surface area contributed by atoms with Crippen molar-refractivity contribution in [2.75, 3.05) is 0 Å². The van der Waals surface area contributed by atoms with E-state index in [1.54, 1.807) is 0 Å². The maximum absolute atomic E-state index is 12.0. The third kappa shape index (κ3) is 3.55. The second-order valence-electron chi connectivity index (χ2n) is 1.85. The predicted molar refractivity (Wildman–Crippen MR) is 28.6 cm³/mol. The molecule has 0 bridgehead atoms. The summed E-state index contributed by atoms with van der Waals surface area (Å²) in [5.74, 6) is -1.79. The molecule has 0 aliphatic heterocycles. The van der Waals surface area contributed by atoms with Gasteiger partial charge in [-0.3, -0.25) is 0 Å². The fourth-order valence-electron chi connectivity index (χ4n) is 0.449. The van der Waals surface area contributed by atoms with Crippen LogP contribution in [0.25, 0.3) is 0 Å². The van der Waals surface area contributed by atoms with Crippen LogP contribution in [-0.2, 0) is 16.4 Å². The van der Waals surface area contributed by atoms with E-state index in [0.717, 1.165) is 0 Å². The van der Waals surface area contributed by atoms with Crippen LogP contribution in [0, 0.1) is 0 Å². The van der Waals surface area contributed by atoms with Crippen LogP contribution in [0.2, 0.25) is 0 Å². The second kappa shape index (κ2) is 4.53. The summed E-state index contributed by atoms with van der Waals surface area (Å²) in [5.41, 5.74) is 0. The normalized spacial score (nSPS) is 12.3. The van der Waals surface area contributed by atoms with Crippen molar-refractivity contribution in [2.45, 2.75) is 11.3 Å². The van der Waals surface area contributed by atoms with Gasteiger partial charge in [0.15, 0.2) is 0 Å². The molecule has 0 aromatic carbocycles. The first kappa shape index (κ1) is 14.4. The minimum atomic E-state index is -5.33. The molecule has 1 aromatic rings. The molecule has 14 heavy (non-hydrogen) atoms. The van der Waals surface area contributed by atoms with Crippen LogP contribution < -0.4 is 56.4 Å². The Morgan fingerprint density at radius 3 is 1.93 bits per heavy atom. The first-order valence-electron chi connectivity index (χ1n) is 2.60. The molecule has 0 spiro atoms. The van der Waals surface area contributed by atoms with E-state index in [4.69, 9.17) is 0 Å². The average Bonchev–Trinajstić information content (AvgIpc) is 2.28. The predicted octanol–water partition coefficient (Wildman–Crippen LogP) is -2.89. The summed E-state index contributed by atoms with van der Waals surface area (Å²) in [6.45, 7) is 0. The zero-order valence-corrected chi connectivity index (χ0v) is 10.5. The summed E-state index contributed by atoms with van der Waals surface area (Å²) in [4.78, 5) is 2.34. The van der Waals surface area contributed by atoms with Gasteiger partial charge in [-0.2, -0.15) is 21.6 Å². The molecule has 0 fully saturated rings. The van der Waals surface area contributed by atoms with Gasteiger partial charge in [-0.05, 0) is 0 Å². The van der Waals surface area contributed by atoms with Gasteiger partial charge < -0.3 is 15.2 Å². The Morgan fingerprint density at radius 1 is 1.21 bits per heavy atom. The Balaban J connectivity index is 0.00000169. The van der Waals surface area contributed by atoms with Crippen LogP contribution in [0.1, 0.15) is 5.82 Å². The van der Waals surface area contributed by atoms with Crippen molar-refractivity contribution in [3.63, 3.8) is 0 Å². The SMILES string of the molecule is O=S(=O)(F)c1nnc(C(F)(F)F)[n-]1.[K+]. The monoisotopic (exact) mass is 257 g/mol. The van der Waals surface area contributed by atoms with E-state index < -0.39 is 27.4 Å². The third-order valence-electron chi connectivity index (χ3n) is 0.903. The fraction of sp³-hybridized carbons (Fsp3) is 0.333. The van der Waals surface area contributed by atoms with Crippen LogP contribution in [0.15, 0.2) is 5.16 Å². The molecule has 1 aromatic heterocycles. The summed E-state index contributed by atoms with van der Waals surface area (Å²) in [5, 5.41) is 3.17. The average molecular weight is 257 g/mol. The fourth-order valence-corrected chi connectivity index (χ4v) is 0.783. The van der Waals surface area contributed by atoms with E-state index in [1.165, 1.54) is 0 Å². The number of nitrogens with zero attached hydrogens (tertiary/aromatic N) is 3. The molecule has 1 heterocycles. The molecular weight excluding hydrogens is 257 g/mol. The van der Waals surface area contributed by atoms with Crippen molar-refractivity contribution in [3.8, 4) is 0 Å². The molecule has 0 aliphatic rings. The first-order chi connectivity index (χ1) is 5.71. The number of rotatable bonds is 1. The number of hydrogen-bond acceptors (Lipinski definition) is 4. The molecule has 0 saturated heterocycles. The zero-order chi connectivity index (χ0) is 10.3. The molecule has 0 aliphatic carbocycles. The van der Waals surface area contributed by atoms with Gasteiger partial charge in [-0.1, -0.05) is 3.89 Å². The molecule has 0 radical (unpaired) electrons. The van der Waals surface area contributed by atoms with Gasteiger partial charge in [0.25, 0.3) is 0 Å². The van der Waals surface area contributed by atoms with Crippen LogP contribution in [0.4, 0.5) is 17.1 Å². The molecule has 5 nitrogen and oxygen atoms in total. The van der Waals surface area contributed by atoms with Gasteiger partial charge >= 0.3 is 67.8 Å². The molecule has 1 rings (SSSR count). The van der Waals surface area contributed by atoms with Gasteiger partial charge in [-0.15, -0.1) is 0 Å². The largest absolute Gasteiger partial charge is 1.00 e. The van der Waals surface area contributed by atoms with Crippen LogP contribution in [0.3, 0.4) is 0 Å². The van der Waals surface area contributed by atoms with E-state index in [2.05, 4.69) is 15.2 Å². The molecule has 0 atom stereocenters. The summed E-state index contributed by atoms with van der Waals surface area (Å²) < 4.78 is 67.0. The van der Waals surface area contributed by atoms with E-state index in [1.807, 2.05) is 0 Å². The van der Waals surface area contributed by atoms with Gasteiger partial charge in [0, 0.05) is 0 Å². The number of halogens is 4. The minimum absolute atomic E-state index is 0. The molecule has 0 N–H and O–H groups in total. The molecular formula is C3F4KN3O2S. The maximum Gasteiger partial charge on any atom is 1.00 e. The van der Waals surface area contributed by atoms with Gasteiger partial charge in [0.05, 0.1) is 5.82 Å². The number of alkyl halides is 3. The Hall–Kier alpha value is 0.446. The quantitative estimate of drug-likeness (QED) is 0.307. The Morgan fingerprint density at radius 2 is 1.71 bits per heavy atom. The summed E-state index contributed by atoms with van der Waals surface area (Å²) in [7, 11) is -5.33. The zero-order valence-electron chi connectivity index (χ0n) is 6.58. The maximum atomic E-state index is 12.0. The number of hydrogen-bond donors (Lipinski definition) is 0. The van der Waals surface area contributed by atoms with E-state index >= 15 is 0 Å².